The number of unbranched alkanes of at least 4 members (excludes halogenated alkanes) is 1. The van der Waals surface area contributed by atoms with Crippen molar-refractivity contribution in [1.29, 1.82) is 0 Å². The Kier molecular flexibility index (Phi) is 11.6. The Bertz CT molecular complexity index is 732. The summed E-state index contributed by atoms with van der Waals surface area (Å²) in [6.07, 6.45) is 5.50. The van der Waals surface area contributed by atoms with E-state index < -0.39 is 8.32 Å². The van der Waals surface area contributed by atoms with Crippen molar-refractivity contribution in [3.8, 4) is 11.8 Å². The Balaban J connectivity index is 1.80. The van der Waals surface area contributed by atoms with Crippen molar-refractivity contribution in [2.45, 2.75) is 96.7 Å². The van der Waals surface area contributed by atoms with Crippen molar-refractivity contribution in [3.63, 3.8) is 0 Å². The van der Waals surface area contributed by atoms with Gasteiger partial charge in [-0.25, -0.2) is 0 Å². The van der Waals surface area contributed by atoms with Crippen LogP contribution < -0.4 is 0 Å². The van der Waals surface area contributed by atoms with E-state index in [1.807, 2.05) is 6.07 Å². The van der Waals surface area contributed by atoms with Crippen LogP contribution in [0.25, 0.3) is 0 Å². The van der Waals surface area contributed by atoms with Gasteiger partial charge in [0, 0.05) is 25.6 Å². The van der Waals surface area contributed by atoms with Gasteiger partial charge >= 0.3 is 0 Å². The molecular formula is C28H46O4Si. The average Bonchev–Trinajstić information content (AvgIpc) is 3.13. The Morgan fingerprint density at radius 1 is 1.12 bits per heavy atom. The summed E-state index contributed by atoms with van der Waals surface area (Å²) in [5.41, 5.74) is 1.21. The zero-order chi connectivity index (χ0) is 24.3. The molecule has 0 saturated heterocycles. The fraction of sp³-hybridized carbons (Fsp3) is 0.714. The van der Waals surface area contributed by atoms with Crippen molar-refractivity contribution in [1.82, 2.24) is 0 Å². The minimum atomic E-state index is -1.70. The fourth-order valence-corrected chi connectivity index (χ4v) is 5.53. The van der Waals surface area contributed by atoms with Crippen LogP contribution in [-0.4, -0.2) is 41.0 Å². The quantitative estimate of drug-likeness (QED) is 0.144. The van der Waals surface area contributed by atoms with E-state index >= 15 is 0 Å². The van der Waals surface area contributed by atoms with E-state index in [-0.39, 0.29) is 11.1 Å². The normalized spacial score (nSPS) is 22.1. The fourth-order valence-electron chi connectivity index (χ4n) is 4.06. The third-order valence-corrected chi connectivity index (χ3v) is 11.6. The number of benzene rings is 1. The van der Waals surface area contributed by atoms with Crippen molar-refractivity contribution in [2.75, 3.05) is 20.5 Å². The Morgan fingerprint density at radius 2 is 1.85 bits per heavy atom. The molecule has 0 spiro atoms. The van der Waals surface area contributed by atoms with Crippen LogP contribution in [0.5, 0.6) is 0 Å². The zero-order valence-corrected chi connectivity index (χ0v) is 23.0. The maximum Gasteiger partial charge on any atom is 0.192 e. The van der Waals surface area contributed by atoms with Gasteiger partial charge in [-0.05, 0) is 62.2 Å². The Labute approximate surface area is 203 Å². The largest absolute Gasteiger partial charge is 0.414 e. The summed E-state index contributed by atoms with van der Waals surface area (Å²) in [5.74, 6) is 7.73. The van der Waals surface area contributed by atoms with Crippen LogP contribution >= 0.6 is 0 Å². The van der Waals surface area contributed by atoms with Gasteiger partial charge in [0.1, 0.15) is 6.79 Å². The van der Waals surface area contributed by atoms with E-state index in [2.05, 4.69) is 76.9 Å². The number of hydrogen-bond donors (Lipinski definition) is 0. The third-order valence-electron chi connectivity index (χ3n) is 7.02. The van der Waals surface area contributed by atoms with Gasteiger partial charge in [0.25, 0.3) is 0 Å². The molecule has 33 heavy (non-hydrogen) atoms. The second-order valence-corrected chi connectivity index (χ2v) is 15.7. The maximum atomic E-state index is 6.48. The number of methoxy groups -OCH3 is 1. The monoisotopic (exact) mass is 474 g/mol. The summed E-state index contributed by atoms with van der Waals surface area (Å²) >= 11 is 0. The molecule has 4 atom stereocenters. The summed E-state index contributed by atoms with van der Waals surface area (Å²) in [6, 6.07) is 10.3. The molecule has 0 radical (unpaired) electrons. The van der Waals surface area contributed by atoms with E-state index in [1.165, 1.54) is 5.56 Å². The molecule has 4 nitrogen and oxygen atoms in total. The highest BCUT2D eigenvalue weighted by atomic mass is 28.4. The van der Waals surface area contributed by atoms with Crippen molar-refractivity contribution >= 4 is 8.32 Å². The van der Waals surface area contributed by atoms with Crippen molar-refractivity contribution in [2.24, 2.45) is 11.8 Å². The SMILES string of the molecule is COCO[C@@H]1C[C@@H](COCc2ccccc2)[C@H](C#CCCC[C@@H](C)O[Si](C)(C)C(C)(C)C)C1. The second-order valence-electron chi connectivity index (χ2n) is 10.9. The lowest BCUT2D eigenvalue weighted by atomic mass is 9.97. The molecule has 5 heteroatoms. The number of ether oxygens (including phenoxy) is 3. The minimum Gasteiger partial charge on any atom is -0.414 e. The highest BCUT2D eigenvalue weighted by Crippen LogP contribution is 2.38. The van der Waals surface area contributed by atoms with Gasteiger partial charge in [0.15, 0.2) is 8.32 Å². The van der Waals surface area contributed by atoms with Crippen LogP contribution in [0.3, 0.4) is 0 Å². The third kappa shape index (κ3) is 9.92. The average molecular weight is 475 g/mol. The predicted octanol–water partition coefficient (Wildman–Crippen LogP) is 6.80. The van der Waals surface area contributed by atoms with Gasteiger partial charge in [0.2, 0.25) is 0 Å². The van der Waals surface area contributed by atoms with Crippen LogP contribution in [-0.2, 0) is 25.2 Å². The van der Waals surface area contributed by atoms with Crippen LogP contribution in [0.4, 0.5) is 0 Å². The van der Waals surface area contributed by atoms with E-state index in [0.717, 1.165) is 38.7 Å². The zero-order valence-electron chi connectivity index (χ0n) is 22.0. The first-order chi connectivity index (χ1) is 15.6. The lowest BCUT2D eigenvalue weighted by Gasteiger charge is -2.38. The summed E-state index contributed by atoms with van der Waals surface area (Å²) < 4.78 is 23.5. The lowest BCUT2D eigenvalue weighted by molar-refractivity contribution is -0.0711. The van der Waals surface area contributed by atoms with Gasteiger partial charge in [-0.2, -0.15) is 0 Å². The molecule has 1 aromatic carbocycles. The molecule has 1 aliphatic carbocycles. The van der Waals surface area contributed by atoms with Crippen LogP contribution in [0.15, 0.2) is 30.3 Å². The summed E-state index contributed by atoms with van der Waals surface area (Å²) in [4.78, 5) is 0. The molecule has 1 fully saturated rings. The molecule has 0 unspecified atom stereocenters. The second kappa shape index (κ2) is 13.7. The standard InChI is InChI=1S/C28H46O4Si/c1-23(32-33(6,7)28(2,3)4)14-10-8-13-17-25-18-27(31-22-29-5)19-26(25)21-30-20-24-15-11-9-12-16-24/h9,11-12,15-16,23,25-27H,8,10,14,18-22H2,1-7H3/t23-,25-,26+,27+/m1/s1. The first kappa shape index (κ1) is 28.1. The Morgan fingerprint density at radius 3 is 2.52 bits per heavy atom. The molecule has 0 amide bonds. The van der Waals surface area contributed by atoms with Crippen LogP contribution in [0.2, 0.25) is 18.1 Å². The summed E-state index contributed by atoms with van der Waals surface area (Å²) in [5, 5.41) is 0.253. The smallest absolute Gasteiger partial charge is 0.192 e. The topological polar surface area (TPSA) is 36.9 Å². The van der Waals surface area contributed by atoms with E-state index in [4.69, 9.17) is 18.6 Å². The molecule has 2 rings (SSSR count). The van der Waals surface area contributed by atoms with Gasteiger partial charge in [0.05, 0.1) is 19.3 Å². The molecular weight excluding hydrogens is 428 g/mol. The number of hydrogen-bond acceptors (Lipinski definition) is 4. The van der Waals surface area contributed by atoms with Crippen molar-refractivity contribution < 1.29 is 18.6 Å². The molecule has 0 aliphatic heterocycles. The summed E-state index contributed by atoms with van der Waals surface area (Å²) in [7, 11) is -0.0281. The van der Waals surface area contributed by atoms with Gasteiger partial charge in [-0.15, -0.1) is 5.92 Å². The van der Waals surface area contributed by atoms with Gasteiger partial charge < -0.3 is 18.6 Å². The minimum absolute atomic E-state index is 0.201. The first-order valence-electron chi connectivity index (χ1n) is 12.5. The van der Waals surface area contributed by atoms with E-state index in [0.29, 0.717) is 31.3 Å². The van der Waals surface area contributed by atoms with Crippen LogP contribution in [0, 0.1) is 23.7 Å². The predicted molar refractivity (Wildman–Crippen MR) is 138 cm³/mol. The van der Waals surface area contributed by atoms with Crippen molar-refractivity contribution in [3.05, 3.63) is 35.9 Å². The lowest BCUT2D eigenvalue weighted by Crippen LogP contribution is -2.43. The van der Waals surface area contributed by atoms with E-state index in [1.54, 1.807) is 7.11 Å². The molecule has 0 N–H and O–H groups in total. The maximum absolute atomic E-state index is 6.48. The molecule has 1 aromatic rings. The first-order valence-corrected chi connectivity index (χ1v) is 15.4. The molecule has 0 bridgehead atoms. The van der Waals surface area contributed by atoms with Crippen LogP contribution in [0.1, 0.15) is 65.4 Å². The highest BCUT2D eigenvalue weighted by Gasteiger charge is 2.38. The van der Waals surface area contributed by atoms with E-state index in [9.17, 15) is 0 Å². The highest BCUT2D eigenvalue weighted by molar-refractivity contribution is 6.74. The molecule has 1 saturated carbocycles. The molecule has 186 valence electrons. The summed E-state index contributed by atoms with van der Waals surface area (Å²) in [6.45, 7) is 15.5. The Hall–Kier alpha value is -1.16. The van der Waals surface area contributed by atoms with Gasteiger partial charge in [-0.1, -0.05) is 57.0 Å². The number of rotatable bonds is 12. The van der Waals surface area contributed by atoms with Gasteiger partial charge in [-0.3, -0.25) is 0 Å². The molecule has 0 aromatic heterocycles. The molecule has 0 heterocycles. The molecule has 1 aliphatic rings.